The summed E-state index contributed by atoms with van der Waals surface area (Å²) in [5, 5.41) is 3.26. The second kappa shape index (κ2) is 5.95. The van der Waals surface area contributed by atoms with Gasteiger partial charge < -0.3 is 14.6 Å². The maximum atomic E-state index is 12.1. The van der Waals surface area contributed by atoms with Crippen LogP contribution in [0.15, 0.2) is 0 Å². The van der Waals surface area contributed by atoms with Gasteiger partial charge in [-0.2, -0.15) is 0 Å². The summed E-state index contributed by atoms with van der Waals surface area (Å²) in [6.45, 7) is 7.21. The van der Waals surface area contributed by atoms with Crippen LogP contribution in [0.3, 0.4) is 0 Å². The second-order valence-corrected chi connectivity index (χ2v) is 5.70. The summed E-state index contributed by atoms with van der Waals surface area (Å²) >= 11 is 0. The molecule has 0 amide bonds. The van der Waals surface area contributed by atoms with Gasteiger partial charge in [0.2, 0.25) is 0 Å². The minimum atomic E-state index is -0.708. The van der Waals surface area contributed by atoms with Crippen LogP contribution in [0.1, 0.15) is 43.9 Å². The molecule has 1 atom stereocenters. The molecular formula is C15H25N3O2. The van der Waals surface area contributed by atoms with E-state index in [1.165, 1.54) is 31.3 Å². The molecular weight excluding hydrogens is 254 g/mol. The Morgan fingerprint density at radius 3 is 2.80 bits per heavy atom. The zero-order chi connectivity index (χ0) is 14.8. The molecule has 0 spiro atoms. The number of esters is 1. The highest BCUT2D eigenvalue weighted by atomic mass is 16.5. The molecule has 1 aliphatic carbocycles. The Hall–Kier alpha value is -1.36. The van der Waals surface area contributed by atoms with Gasteiger partial charge in [-0.1, -0.05) is 6.92 Å². The lowest BCUT2D eigenvalue weighted by Gasteiger charge is -2.29. The number of rotatable bonds is 5. The number of nitrogens with one attached hydrogen (secondary N) is 1. The molecule has 5 heteroatoms. The van der Waals surface area contributed by atoms with Crippen LogP contribution >= 0.6 is 0 Å². The molecule has 0 radical (unpaired) electrons. The second-order valence-electron chi connectivity index (χ2n) is 5.70. The normalized spacial score (nSPS) is 17.4. The maximum absolute atomic E-state index is 12.1. The van der Waals surface area contributed by atoms with Crippen molar-refractivity contribution in [3.63, 3.8) is 0 Å². The van der Waals surface area contributed by atoms with E-state index in [9.17, 15) is 4.79 Å². The van der Waals surface area contributed by atoms with Crippen molar-refractivity contribution in [2.24, 2.45) is 0 Å². The lowest BCUT2D eigenvalue weighted by atomic mass is 9.99. The third-order valence-electron chi connectivity index (χ3n) is 4.10. The largest absolute Gasteiger partial charge is 0.468 e. The van der Waals surface area contributed by atoms with Crippen molar-refractivity contribution in [1.29, 1.82) is 0 Å². The topological polar surface area (TPSA) is 56.2 Å². The van der Waals surface area contributed by atoms with Crippen LogP contribution in [0.5, 0.6) is 0 Å². The molecule has 1 heterocycles. The highest BCUT2D eigenvalue weighted by Crippen LogP contribution is 2.24. The first-order chi connectivity index (χ1) is 9.51. The summed E-state index contributed by atoms with van der Waals surface area (Å²) in [7, 11) is 1.44. The number of aryl methyl sites for hydroxylation is 2. The van der Waals surface area contributed by atoms with Gasteiger partial charge in [0.05, 0.1) is 19.3 Å². The SMILES string of the molecule is CCNC(C)(Cn1c(C)nc2c1CCCC2)C(=O)OC. The lowest BCUT2D eigenvalue weighted by Crippen LogP contribution is -2.53. The van der Waals surface area contributed by atoms with Gasteiger partial charge in [-0.15, -0.1) is 0 Å². The number of imidazole rings is 1. The number of aromatic nitrogens is 2. The Bertz CT molecular complexity index is 496. The molecule has 1 aliphatic rings. The monoisotopic (exact) mass is 279 g/mol. The van der Waals surface area contributed by atoms with E-state index in [0.29, 0.717) is 6.54 Å². The highest BCUT2D eigenvalue weighted by molar-refractivity contribution is 5.80. The summed E-state index contributed by atoms with van der Waals surface area (Å²) in [5.41, 5.74) is 1.79. The zero-order valence-corrected chi connectivity index (χ0v) is 13.0. The van der Waals surface area contributed by atoms with Crippen LogP contribution in [0.4, 0.5) is 0 Å². The van der Waals surface area contributed by atoms with Gasteiger partial charge in [-0.05, 0) is 46.1 Å². The minimum Gasteiger partial charge on any atom is -0.468 e. The third-order valence-corrected chi connectivity index (χ3v) is 4.10. The van der Waals surface area contributed by atoms with Crippen molar-refractivity contribution in [2.75, 3.05) is 13.7 Å². The van der Waals surface area contributed by atoms with Crippen molar-refractivity contribution in [3.05, 3.63) is 17.2 Å². The molecule has 2 rings (SSSR count). The summed E-state index contributed by atoms with van der Waals surface area (Å²) in [4.78, 5) is 16.8. The molecule has 0 saturated carbocycles. The van der Waals surface area contributed by atoms with E-state index >= 15 is 0 Å². The van der Waals surface area contributed by atoms with Crippen LogP contribution < -0.4 is 5.32 Å². The Kier molecular flexibility index (Phi) is 4.48. The summed E-state index contributed by atoms with van der Waals surface area (Å²) in [6, 6.07) is 0. The maximum Gasteiger partial charge on any atom is 0.327 e. The Labute approximate surface area is 120 Å². The molecule has 0 fully saturated rings. The number of hydrogen-bond acceptors (Lipinski definition) is 4. The molecule has 5 nitrogen and oxygen atoms in total. The number of methoxy groups -OCH3 is 1. The van der Waals surface area contributed by atoms with Crippen LogP contribution in [-0.2, 0) is 28.9 Å². The number of ether oxygens (including phenoxy) is 1. The van der Waals surface area contributed by atoms with Gasteiger partial charge in [0.1, 0.15) is 11.4 Å². The molecule has 0 aliphatic heterocycles. The van der Waals surface area contributed by atoms with E-state index in [1.54, 1.807) is 0 Å². The van der Waals surface area contributed by atoms with Crippen LogP contribution in [0, 0.1) is 6.92 Å². The summed E-state index contributed by atoms with van der Waals surface area (Å²) in [6.07, 6.45) is 4.53. The number of carbonyl (C=O) groups is 1. The van der Waals surface area contributed by atoms with Gasteiger partial charge >= 0.3 is 5.97 Å². The predicted octanol–water partition coefficient (Wildman–Crippen LogP) is 1.61. The molecule has 1 aromatic heterocycles. The Morgan fingerprint density at radius 1 is 1.45 bits per heavy atom. The fraction of sp³-hybridized carbons (Fsp3) is 0.733. The predicted molar refractivity (Wildman–Crippen MR) is 77.7 cm³/mol. The van der Waals surface area contributed by atoms with Gasteiger partial charge in [0.25, 0.3) is 0 Å². The van der Waals surface area contributed by atoms with Crippen molar-refractivity contribution in [1.82, 2.24) is 14.9 Å². The number of nitrogens with zero attached hydrogens (tertiary/aromatic N) is 2. The van der Waals surface area contributed by atoms with Crippen LogP contribution in [-0.4, -0.2) is 34.7 Å². The molecule has 112 valence electrons. The van der Waals surface area contributed by atoms with E-state index < -0.39 is 5.54 Å². The van der Waals surface area contributed by atoms with E-state index in [4.69, 9.17) is 4.74 Å². The summed E-state index contributed by atoms with van der Waals surface area (Å²) < 4.78 is 7.15. The highest BCUT2D eigenvalue weighted by Gasteiger charge is 2.35. The fourth-order valence-electron chi connectivity index (χ4n) is 3.07. The van der Waals surface area contributed by atoms with Gasteiger partial charge in [-0.25, -0.2) is 9.78 Å². The Morgan fingerprint density at radius 2 is 2.15 bits per heavy atom. The molecule has 1 unspecified atom stereocenters. The minimum absolute atomic E-state index is 0.225. The molecule has 0 saturated heterocycles. The lowest BCUT2D eigenvalue weighted by molar-refractivity contribution is -0.148. The molecule has 0 bridgehead atoms. The van der Waals surface area contributed by atoms with E-state index in [-0.39, 0.29) is 5.97 Å². The molecule has 1 aromatic rings. The number of fused-ring (bicyclic) bond motifs is 1. The number of likely N-dealkylation sites (N-methyl/N-ethyl adjacent to an activating group) is 1. The van der Waals surface area contributed by atoms with Gasteiger partial charge in [-0.3, -0.25) is 0 Å². The van der Waals surface area contributed by atoms with Crippen molar-refractivity contribution in [3.8, 4) is 0 Å². The van der Waals surface area contributed by atoms with Crippen LogP contribution in [0.25, 0.3) is 0 Å². The first-order valence-corrected chi connectivity index (χ1v) is 7.40. The molecule has 20 heavy (non-hydrogen) atoms. The fourth-order valence-corrected chi connectivity index (χ4v) is 3.07. The quantitative estimate of drug-likeness (QED) is 0.832. The van der Waals surface area contributed by atoms with Crippen molar-refractivity contribution < 1.29 is 9.53 Å². The smallest absolute Gasteiger partial charge is 0.327 e. The van der Waals surface area contributed by atoms with Gasteiger partial charge in [0.15, 0.2) is 0 Å². The van der Waals surface area contributed by atoms with Gasteiger partial charge in [0, 0.05) is 5.69 Å². The van der Waals surface area contributed by atoms with Crippen molar-refractivity contribution in [2.45, 2.75) is 58.5 Å². The Balaban J connectivity index is 2.31. The van der Waals surface area contributed by atoms with E-state index in [0.717, 1.165) is 25.2 Å². The van der Waals surface area contributed by atoms with Crippen LogP contribution in [0.2, 0.25) is 0 Å². The van der Waals surface area contributed by atoms with E-state index in [2.05, 4.69) is 14.9 Å². The number of carbonyl (C=O) groups excluding carboxylic acids is 1. The standard InChI is InChI=1S/C15H25N3O2/c1-5-16-15(3,14(19)20-4)10-18-11(2)17-12-8-6-7-9-13(12)18/h16H,5-10H2,1-4H3. The zero-order valence-electron chi connectivity index (χ0n) is 13.0. The molecule has 0 aromatic carbocycles. The first-order valence-electron chi connectivity index (χ1n) is 7.40. The average Bonchev–Trinajstić information content (AvgIpc) is 2.74. The number of hydrogen-bond donors (Lipinski definition) is 1. The summed E-state index contributed by atoms with van der Waals surface area (Å²) in [5.74, 6) is 0.766. The average molecular weight is 279 g/mol. The van der Waals surface area contributed by atoms with E-state index in [1.807, 2.05) is 20.8 Å². The molecule has 1 N–H and O–H groups in total. The first kappa shape index (κ1) is 15.0. The van der Waals surface area contributed by atoms with Crippen molar-refractivity contribution >= 4 is 5.97 Å². The third kappa shape index (κ3) is 2.73.